The van der Waals surface area contributed by atoms with Crippen LogP contribution in [0.4, 0.5) is 5.13 Å². The van der Waals surface area contributed by atoms with Crippen LogP contribution in [-0.4, -0.2) is 48.3 Å². The topological polar surface area (TPSA) is 35.2 Å². The maximum Gasteiger partial charge on any atom is 0.206 e. The van der Waals surface area contributed by atoms with Gasteiger partial charge in [-0.3, -0.25) is 5.10 Å². The van der Waals surface area contributed by atoms with Gasteiger partial charge in [-0.1, -0.05) is 11.3 Å². The summed E-state index contributed by atoms with van der Waals surface area (Å²) < 4.78 is 0.748. The molecule has 2 rings (SSSR count). The minimum absolute atomic E-state index is 0.578. The van der Waals surface area contributed by atoms with E-state index < -0.39 is 0 Å². The second-order valence-electron chi connectivity index (χ2n) is 3.71. The number of likely N-dealkylation sites (N-methyl/N-ethyl adjacent to an activating group) is 2. The van der Waals surface area contributed by atoms with Crippen LogP contribution in [-0.2, 0) is 0 Å². The van der Waals surface area contributed by atoms with Gasteiger partial charge in [-0.05, 0) is 32.2 Å². The van der Waals surface area contributed by atoms with E-state index in [0.717, 1.165) is 15.6 Å². The van der Waals surface area contributed by atoms with E-state index in [-0.39, 0.29) is 0 Å². The second-order valence-corrected chi connectivity index (χ2v) is 5.36. The van der Waals surface area contributed by atoms with E-state index in [1.165, 1.54) is 24.3 Å². The molecule has 0 radical (unpaired) electrons. The molecule has 2 heterocycles. The summed E-state index contributed by atoms with van der Waals surface area (Å²) >= 11 is 6.55. The third-order valence-electron chi connectivity index (χ3n) is 2.64. The van der Waals surface area contributed by atoms with E-state index in [2.05, 4.69) is 34.1 Å². The van der Waals surface area contributed by atoms with E-state index >= 15 is 0 Å². The van der Waals surface area contributed by atoms with Gasteiger partial charge in [-0.15, -0.1) is 5.10 Å². The first-order chi connectivity index (χ1) is 6.66. The van der Waals surface area contributed by atoms with Crippen LogP contribution in [0, 0.1) is 3.95 Å². The summed E-state index contributed by atoms with van der Waals surface area (Å²) in [6, 6.07) is 0.578. The molecule has 78 valence electrons. The number of aromatic amines is 1. The van der Waals surface area contributed by atoms with Crippen LogP contribution in [0.2, 0.25) is 0 Å². The van der Waals surface area contributed by atoms with Crippen LogP contribution in [0.15, 0.2) is 0 Å². The second kappa shape index (κ2) is 3.96. The van der Waals surface area contributed by atoms with E-state index in [4.69, 9.17) is 12.2 Å². The van der Waals surface area contributed by atoms with Crippen molar-refractivity contribution in [3.63, 3.8) is 0 Å². The third-order valence-corrected chi connectivity index (χ3v) is 3.82. The quantitative estimate of drug-likeness (QED) is 0.778. The third kappa shape index (κ3) is 1.97. The molecule has 1 aliphatic heterocycles. The first-order valence-corrected chi connectivity index (χ1v) is 5.86. The molecule has 1 fully saturated rings. The molecular formula is C8H14N4S2. The Bertz CT molecular complexity index is 358. The van der Waals surface area contributed by atoms with Gasteiger partial charge in [-0.2, -0.15) is 0 Å². The van der Waals surface area contributed by atoms with Crippen LogP contribution in [0.3, 0.4) is 0 Å². The average Bonchev–Trinajstić information content (AvgIpc) is 2.73. The Morgan fingerprint density at radius 1 is 1.71 bits per heavy atom. The number of H-pyrrole nitrogens is 1. The summed E-state index contributed by atoms with van der Waals surface area (Å²) in [5.74, 6) is 0. The molecule has 0 amide bonds. The highest BCUT2D eigenvalue weighted by Gasteiger charge is 2.24. The maximum atomic E-state index is 5.01. The van der Waals surface area contributed by atoms with Crippen molar-refractivity contribution in [2.75, 3.05) is 32.1 Å². The highest BCUT2D eigenvalue weighted by atomic mass is 32.1. The van der Waals surface area contributed by atoms with Gasteiger partial charge in [0.1, 0.15) is 0 Å². The maximum absolute atomic E-state index is 5.01. The molecule has 1 aliphatic rings. The van der Waals surface area contributed by atoms with Crippen LogP contribution in [0.5, 0.6) is 0 Å². The summed E-state index contributed by atoms with van der Waals surface area (Å²) in [7, 11) is 4.24. The molecule has 1 aromatic heterocycles. The Balaban J connectivity index is 2.08. The van der Waals surface area contributed by atoms with E-state index in [9.17, 15) is 0 Å². The van der Waals surface area contributed by atoms with Gasteiger partial charge in [0.2, 0.25) is 5.13 Å². The molecule has 1 unspecified atom stereocenters. The number of hydrogen-bond acceptors (Lipinski definition) is 5. The van der Waals surface area contributed by atoms with Crippen molar-refractivity contribution >= 4 is 28.7 Å². The number of nitrogens with zero attached hydrogens (tertiary/aromatic N) is 3. The minimum atomic E-state index is 0.578. The number of rotatable bonds is 2. The van der Waals surface area contributed by atoms with Crippen LogP contribution < -0.4 is 4.90 Å². The molecule has 1 saturated heterocycles. The van der Waals surface area contributed by atoms with Crippen LogP contribution in [0.25, 0.3) is 0 Å². The molecule has 0 spiro atoms. The van der Waals surface area contributed by atoms with Crippen molar-refractivity contribution in [3.05, 3.63) is 3.95 Å². The normalized spacial score (nSPS) is 22.9. The Kier molecular flexibility index (Phi) is 2.85. The minimum Gasteiger partial charge on any atom is -0.345 e. The fourth-order valence-electron chi connectivity index (χ4n) is 1.76. The lowest BCUT2D eigenvalue weighted by atomic mass is 10.2. The SMILES string of the molecule is CN1CCC(N(C)c2n[nH]c(=S)s2)C1. The van der Waals surface area contributed by atoms with Crippen molar-refractivity contribution in [2.45, 2.75) is 12.5 Å². The number of anilines is 1. The molecular weight excluding hydrogens is 216 g/mol. The number of hydrogen-bond donors (Lipinski definition) is 1. The Morgan fingerprint density at radius 3 is 3.00 bits per heavy atom. The van der Waals surface area contributed by atoms with Crippen LogP contribution >= 0.6 is 23.6 Å². The van der Waals surface area contributed by atoms with Gasteiger partial charge in [0.05, 0.1) is 0 Å². The predicted octanol–water partition coefficient (Wildman–Crippen LogP) is 1.34. The molecule has 0 aromatic carbocycles. The van der Waals surface area contributed by atoms with Crippen LogP contribution in [0.1, 0.15) is 6.42 Å². The van der Waals surface area contributed by atoms with Crippen molar-refractivity contribution in [1.82, 2.24) is 15.1 Å². The van der Waals surface area contributed by atoms with Gasteiger partial charge < -0.3 is 9.80 Å². The first kappa shape index (κ1) is 10.1. The molecule has 6 heteroatoms. The summed E-state index contributed by atoms with van der Waals surface area (Å²) in [4.78, 5) is 4.56. The Morgan fingerprint density at radius 2 is 2.50 bits per heavy atom. The van der Waals surface area contributed by atoms with Gasteiger partial charge in [0.15, 0.2) is 3.95 Å². The molecule has 1 aromatic rings. The zero-order chi connectivity index (χ0) is 10.1. The number of likely N-dealkylation sites (tertiary alicyclic amines) is 1. The smallest absolute Gasteiger partial charge is 0.206 e. The lowest BCUT2D eigenvalue weighted by Gasteiger charge is -2.22. The summed E-state index contributed by atoms with van der Waals surface area (Å²) in [6.07, 6.45) is 1.21. The largest absolute Gasteiger partial charge is 0.345 e. The van der Waals surface area contributed by atoms with Gasteiger partial charge >= 0.3 is 0 Å². The molecule has 14 heavy (non-hydrogen) atoms. The highest BCUT2D eigenvalue weighted by Crippen LogP contribution is 2.22. The van der Waals surface area contributed by atoms with E-state index in [1.807, 2.05) is 0 Å². The standard InChI is InChI=1S/C8H14N4S2/c1-11-4-3-6(5-11)12(2)7-9-10-8(13)14-7/h6H,3-5H2,1-2H3,(H,10,13). The fourth-order valence-corrected chi connectivity index (χ4v) is 2.67. The molecule has 1 atom stereocenters. The van der Waals surface area contributed by atoms with Crippen molar-refractivity contribution < 1.29 is 0 Å². The molecule has 4 nitrogen and oxygen atoms in total. The van der Waals surface area contributed by atoms with Crippen molar-refractivity contribution in [1.29, 1.82) is 0 Å². The fraction of sp³-hybridized carbons (Fsp3) is 0.750. The first-order valence-electron chi connectivity index (χ1n) is 4.63. The molecule has 0 bridgehead atoms. The monoisotopic (exact) mass is 230 g/mol. The van der Waals surface area contributed by atoms with Gasteiger partial charge in [0, 0.05) is 19.6 Å². The van der Waals surface area contributed by atoms with E-state index in [1.54, 1.807) is 0 Å². The summed E-state index contributed by atoms with van der Waals surface area (Å²) in [6.45, 7) is 2.29. The molecule has 0 aliphatic carbocycles. The lowest BCUT2D eigenvalue weighted by molar-refractivity contribution is 0.409. The van der Waals surface area contributed by atoms with Gasteiger partial charge in [0.25, 0.3) is 0 Å². The van der Waals surface area contributed by atoms with Gasteiger partial charge in [-0.25, -0.2) is 0 Å². The lowest BCUT2D eigenvalue weighted by Crippen LogP contribution is -2.33. The number of aromatic nitrogens is 2. The molecule has 0 saturated carbocycles. The average molecular weight is 230 g/mol. The zero-order valence-corrected chi connectivity index (χ0v) is 9.99. The van der Waals surface area contributed by atoms with E-state index in [0.29, 0.717) is 6.04 Å². The molecule has 1 N–H and O–H groups in total. The Hall–Kier alpha value is -0.460. The highest BCUT2D eigenvalue weighted by molar-refractivity contribution is 7.73. The van der Waals surface area contributed by atoms with Crippen molar-refractivity contribution in [2.24, 2.45) is 0 Å². The van der Waals surface area contributed by atoms with Crippen molar-refractivity contribution in [3.8, 4) is 0 Å². The predicted molar refractivity (Wildman–Crippen MR) is 61.6 cm³/mol. The summed E-state index contributed by atoms with van der Waals surface area (Å²) in [5, 5.41) is 7.99. The Labute approximate surface area is 92.5 Å². The summed E-state index contributed by atoms with van der Waals surface area (Å²) in [5.41, 5.74) is 0. The zero-order valence-electron chi connectivity index (χ0n) is 8.36. The number of nitrogens with one attached hydrogen (secondary N) is 1.